The van der Waals surface area contributed by atoms with E-state index in [1.54, 1.807) is 11.9 Å². The van der Waals surface area contributed by atoms with Gasteiger partial charge in [-0.15, -0.1) is 11.3 Å². The molecule has 0 atom stereocenters. The Morgan fingerprint density at radius 3 is 2.56 bits per heavy atom. The third kappa shape index (κ3) is 5.03. The van der Waals surface area contributed by atoms with Gasteiger partial charge in [0.15, 0.2) is 0 Å². The molecule has 0 saturated carbocycles. The van der Waals surface area contributed by atoms with Crippen LogP contribution in [0.4, 0.5) is 0 Å². The fourth-order valence-corrected chi connectivity index (χ4v) is 5.45. The molecule has 3 aromatic rings. The molecule has 0 unspecified atom stereocenters. The fraction of sp³-hybridized carbons (Fsp3) is 0.333. The molecular formula is C27H29N3O5S. The normalized spacial score (nSPS) is 15.5. The molecular weight excluding hydrogens is 478 g/mol. The molecule has 2 amide bonds. The van der Waals surface area contributed by atoms with Gasteiger partial charge in [0, 0.05) is 31.1 Å². The predicted octanol–water partition coefficient (Wildman–Crippen LogP) is 3.72. The lowest BCUT2D eigenvalue weighted by Crippen LogP contribution is -2.34. The fourth-order valence-electron chi connectivity index (χ4n) is 4.70. The summed E-state index contributed by atoms with van der Waals surface area (Å²) in [5.74, 6) is -0.764. The Balaban J connectivity index is 1.31. The zero-order chi connectivity index (χ0) is 25.2. The van der Waals surface area contributed by atoms with Crippen molar-refractivity contribution in [1.82, 2.24) is 15.1 Å². The van der Waals surface area contributed by atoms with Crippen molar-refractivity contribution in [3.8, 4) is 17.2 Å². The van der Waals surface area contributed by atoms with Crippen LogP contribution >= 0.6 is 11.3 Å². The molecule has 3 N–H and O–H groups in total. The van der Waals surface area contributed by atoms with Gasteiger partial charge in [-0.3, -0.25) is 9.59 Å². The number of carbonyl (C=O) groups excluding carboxylic acids is 2. The molecule has 2 aromatic carbocycles. The summed E-state index contributed by atoms with van der Waals surface area (Å²) in [5.41, 5.74) is 1.98. The summed E-state index contributed by atoms with van der Waals surface area (Å²) in [5, 5.41) is 26.1. The van der Waals surface area contributed by atoms with Crippen LogP contribution in [0.3, 0.4) is 0 Å². The van der Waals surface area contributed by atoms with Crippen LogP contribution in [0.25, 0.3) is 0 Å². The molecule has 188 valence electrons. The first kappa shape index (κ1) is 24.1. The number of hydrogen-bond acceptors (Lipinski definition) is 7. The number of hydrogen-bond donors (Lipinski definition) is 3. The summed E-state index contributed by atoms with van der Waals surface area (Å²) < 4.78 is 6.14. The Kier molecular flexibility index (Phi) is 6.84. The van der Waals surface area contributed by atoms with Crippen molar-refractivity contribution >= 4 is 23.2 Å². The molecule has 2 aliphatic heterocycles. The molecule has 36 heavy (non-hydrogen) atoms. The number of nitrogens with one attached hydrogen (secondary N) is 1. The quantitative estimate of drug-likeness (QED) is 0.470. The lowest BCUT2D eigenvalue weighted by molar-refractivity contribution is 0.0748. The number of nitrogens with zero attached hydrogens (tertiary/aromatic N) is 2. The van der Waals surface area contributed by atoms with E-state index in [2.05, 4.69) is 5.32 Å². The number of phenols is 2. The van der Waals surface area contributed by atoms with Gasteiger partial charge in [-0.2, -0.15) is 0 Å². The van der Waals surface area contributed by atoms with Crippen LogP contribution in [-0.4, -0.2) is 58.1 Å². The maximum atomic E-state index is 13.4. The molecule has 5 rings (SSSR count). The van der Waals surface area contributed by atoms with Gasteiger partial charge in [0.25, 0.3) is 11.8 Å². The van der Waals surface area contributed by atoms with Crippen molar-refractivity contribution in [3.05, 3.63) is 75.0 Å². The van der Waals surface area contributed by atoms with Crippen molar-refractivity contribution in [2.45, 2.75) is 38.6 Å². The maximum absolute atomic E-state index is 13.4. The van der Waals surface area contributed by atoms with Crippen molar-refractivity contribution in [2.24, 2.45) is 0 Å². The summed E-state index contributed by atoms with van der Waals surface area (Å²) in [6, 6.07) is 12.1. The van der Waals surface area contributed by atoms with E-state index in [0.29, 0.717) is 19.6 Å². The Morgan fingerprint density at radius 1 is 1.06 bits per heavy atom. The van der Waals surface area contributed by atoms with Gasteiger partial charge in [0.2, 0.25) is 0 Å². The van der Waals surface area contributed by atoms with Crippen LogP contribution in [0.2, 0.25) is 0 Å². The van der Waals surface area contributed by atoms with Gasteiger partial charge in [-0.1, -0.05) is 12.1 Å². The van der Waals surface area contributed by atoms with Gasteiger partial charge in [0.05, 0.1) is 17.7 Å². The zero-order valence-electron chi connectivity index (χ0n) is 20.1. The van der Waals surface area contributed by atoms with Gasteiger partial charge in [-0.05, 0) is 66.7 Å². The molecule has 1 aromatic heterocycles. The smallest absolute Gasteiger partial charge is 0.258 e. The van der Waals surface area contributed by atoms with Crippen LogP contribution in [0, 0.1) is 0 Å². The highest BCUT2D eigenvalue weighted by Gasteiger charge is 2.29. The van der Waals surface area contributed by atoms with Crippen molar-refractivity contribution in [2.75, 3.05) is 20.1 Å². The number of carbonyl (C=O) groups is 2. The molecule has 0 bridgehead atoms. The average Bonchev–Trinajstić information content (AvgIpc) is 3.53. The first-order chi connectivity index (χ1) is 17.4. The van der Waals surface area contributed by atoms with Gasteiger partial charge in [0.1, 0.15) is 23.4 Å². The van der Waals surface area contributed by atoms with Gasteiger partial charge < -0.3 is 30.1 Å². The highest BCUT2D eigenvalue weighted by molar-refractivity contribution is 7.09. The third-order valence-corrected chi connectivity index (χ3v) is 7.53. The van der Waals surface area contributed by atoms with Crippen molar-refractivity contribution < 1.29 is 24.5 Å². The van der Waals surface area contributed by atoms with E-state index in [-0.39, 0.29) is 28.7 Å². The van der Waals surface area contributed by atoms with Gasteiger partial charge in [-0.25, -0.2) is 0 Å². The molecule has 1 fully saturated rings. The summed E-state index contributed by atoms with van der Waals surface area (Å²) in [7, 11) is 1.64. The number of piperidine rings is 1. The summed E-state index contributed by atoms with van der Waals surface area (Å²) >= 11 is 1.53. The van der Waals surface area contributed by atoms with Crippen LogP contribution in [-0.2, 0) is 19.6 Å². The van der Waals surface area contributed by atoms with Crippen molar-refractivity contribution in [1.29, 1.82) is 0 Å². The van der Waals surface area contributed by atoms with Crippen LogP contribution < -0.4 is 10.1 Å². The third-order valence-electron chi connectivity index (χ3n) is 6.67. The van der Waals surface area contributed by atoms with E-state index in [4.69, 9.17) is 4.74 Å². The van der Waals surface area contributed by atoms with Crippen LogP contribution in [0.15, 0.2) is 47.8 Å². The number of fused-ring (bicyclic) bond motifs is 1. The van der Waals surface area contributed by atoms with E-state index >= 15 is 0 Å². The van der Waals surface area contributed by atoms with Gasteiger partial charge >= 0.3 is 0 Å². The second-order valence-electron chi connectivity index (χ2n) is 9.29. The highest BCUT2D eigenvalue weighted by Crippen LogP contribution is 2.33. The number of rotatable bonds is 6. The first-order valence-corrected chi connectivity index (χ1v) is 12.9. The minimum absolute atomic E-state index is 0.0142. The average molecular weight is 508 g/mol. The molecule has 8 nitrogen and oxygen atoms in total. The lowest BCUT2D eigenvalue weighted by Gasteiger charge is -2.24. The van der Waals surface area contributed by atoms with Crippen molar-refractivity contribution in [3.63, 3.8) is 0 Å². The standard InChI is InChI=1S/C27H29N3O5S/c1-29(16-21-3-2-10-36-21)26(33)22-12-23(25(32)13-24(22)31)27(34)30-14-17-4-5-20(11-18(17)15-30)35-19-6-8-28-9-7-19/h2-5,10-13,19,28,31-32H,6-9,14-16H2,1H3. The number of aromatic hydroxyl groups is 2. The number of ether oxygens (including phenoxy) is 1. The second kappa shape index (κ2) is 10.2. The predicted molar refractivity (Wildman–Crippen MR) is 136 cm³/mol. The lowest BCUT2D eigenvalue weighted by atomic mass is 10.1. The number of benzene rings is 2. The molecule has 2 aliphatic rings. The first-order valence-electron chi connectivity index (χ1n) is 12.0. The zero-order valence-corrected chi connectivity index (χ0v) is 20.9. The minimum Gasteiger partial charge on any atom is -0.507 e. The van der Waals surface area contributed by atoms with E-state index in [1.807, 2.05) is 35.7 Å². The molecule has 0 radical (unpaired) electrons. The number of thiophene rings is 1. The van der Waals surface area contributed by atoms with E-state index in [9.17, 15) is 19.8 Å². The Bertz CT molecular complexity index is 1270. The summed E-state index contributed by atoms with van der Waals surface area (Å²) in [6.45, 7) is 3.04. The number of phenolic OH excluding ortho intramolecular Hbond substituents is 2. The Morgan fingerprint density at radius 2 is 1.81 bits per heavy atom. The van der Waals surface area contributed by atoms with Crippen LogP contribution in [0.1, 0.15) is 49.6 Å². The van der Waals surface area contributed by atoms with E-state index in [0.717, 1.165) is 53.8 Å². The minimum atomic E-state index is -0.431. The molecule has 1 saturated heterocycles. The molecule has 0 spiro atoms. The Labute approximate surface area is 213 Å². The Hall–Kier alpha value is -3.56. The van der Waals surface area contributed by atoms with E-state index in [1.165, 1.54) is 22.3 Å². The molecule has 9 heteroatoms. The maximum Gasteiger partial charge on any atom is 0.258 e. The topological polar surface area (TPSA) is 102 Å². The van der Waals surface area contributed by atoms with E-state index < -0.39 is 11.8 Å². The highest BCUT2D eigenvalue weighted by atomic mass is 32.1. The van der Waals surface area contributed by atoms with Crippen LogP contribution in [0.5, 0.6) is 17.2 Å². The molecule has 3 heterocycles. The monoisotopic (exact) mass is 507 g/mol. The number of amides is 2. The summed E-state index contributed by atoms with van der Waals surface area (Å²) in [4.78, 5) is 30.5. The molecule has 0 aliphatic carbocycles. The SMILES string of the molecule is CN(Cc1cccs1)C(=O)c1cc(C(=O)N2Cc3ccc(OC4CCNCC4)cc3C2)c(O)cc1O. The second-order valence-corrected chi connectivity index (χ2v) is 10.3. The largest absolute Gasteiger partial charge is 0.507 e. The summed E-state index contributed by atoms with van der Waals surface area (Å²) in [6.07, 6.45) is 2.11.